The van der Waals surface area contributed by atoms with Gasteiger partial charge < -0.3 is 5.11 Å². The number of aliphatic hydroxyl groups excluding tert-OH is 1. The normalized spacial score (nSPS) is 11.8. The third-order valence-corrected chi connectivity index (χ3v) is 1.61. The smallest absolute Gasteiger partial charge is 0.393 e. The first-order chi connectivity index (χ1) is 5.72. The molecule has 0 heterocycles. The van der Waals surface area contributed by atoms with Crippen LogP contribution in [-0.4, -0.2) is 32.9 Å². The molecule has 1 unspecified atom stereocenters. The molecule has 1 atom stereocenters. The molecule has 0 aliphatic heterocycles. The van der Waals surface area contributed by atoms with Gasteiger partial charge in [0.05, 0.1) is 6.10 Å². The molecule has 0 aromatic carbocycles. The molecule has 0 aliphatic carbocycles. The zero-order valence-electron chi connectivity index (χ0n) is 8.97. The van der Waals surface area contributed by atoms with Crippen molar-refractivity contribution in [2.45, 2.75) is 63.5 Å². The van der Waals surface area contributed by atoms with Crippen LogP contribution in [0.4, 0.5) is 0 Å². The highest BCUT2D eigenvalue weighted by molar-refractivity contribution is 6.08. The SMILES string of the molecule is CCCCCC(O)CC.C[CH2][Mg+2]. The van der Waals surface area contributed by atoms with E-state index in [2.05, 4.69) is 13.8 Å². The summed E-state index contributed by atoms with van der Waals surface area (Å²) in [5, 5.41) is 9.08. The molecule has 0 rings (SSSR count). The van der Waals surface area contributed by atoms with Gasteiger partial charge in [0, 0.05) is 6.92 Å². The maximum absolute atomic E-state index is 9.08. The standard InChI is InChI=1S/C8H18O.C2H5.Mg/c1-3-5-6-7-8(9)4-2;1-2;/h8-9H,3-7H2,1-2H3;1H2,2H3;/q;;+2. The average molecular weight is 184 g/mol. The van der Waals surface area contributed by atoms with Crippen molar-refractivity contribution in [1.82, 2.24) is 0 Å². The van der Waals surface area contributed by atoms with E-state index in [1.165, 1.54) is 23.8 Å². The molecule has 0 aliphatic rings. The molecule has 12 heavy (non-hydrogen) atoms. The molecule has 69 valence electrons. The Hall–Kier alpha value is 0.726. The molecule has 1 N–H and O–H groups in total. The summed E-state index contributed by atoms with van der Waals surface area (Å²) in [4.78, 5) is 0. The van der Waals surface area contributed by atoms with E-state index < -0.39 is 0 Å². The van der Waals surface area contributed by atoms with Crippen molar-refractivity contribution in [2.24, 2.45) is 0 Å². The second-order valence-corrected chi connectivity index (χ2v) is 4.06. The second-order valence-electron chi connectivity index (χ2n) is 3.06. The molecule has 1 nitrogen and oxygen atoms in total. The molecular weight excluding hydrogens is 160 g/mol. The summed E-state index contributed by atoms with van der Waals surface area (Å²) in [6.45, 7) is 6.34. The summed E-state index contributed by atoms with van der Waals surface area (Å²) in [5.74, 6) is 0. The van der Waals surface area contributed by atoms with Crippen molar-refractivity contribution < 1.29 is 5.11 Å². The van der Waals surface area contributed by atoms with Crippen molar-refractivity contribution in [2.75, 3.05) is 0 Å². The quantitative estimate of drug-likeness (QED) is 0.513. The summed E-state index contributed by atoms with van der Waals surface area (Å²) in [7, 11) is 0. The molecule has 0 bridgehead atoms. The molecule has 0 fully saturated rings. The Bertz CT molecular complexity index is 66.9. The fourth-order valence-electron chi connectivity index (χ4n) is 0.834. The van der Waals surface area contributed by atoms with Crippen molar-refractivity contribution in [3.05, 3.63) is 0 Å². The van der Waals surface area contributed by atoms with Crippen LogP contribution in [0, 0.1) is 0 Å². The summed E-state index contributed by atoms with van der Waals surface area (Å²) in [5.41, 5.74) is 0. The first-order valence-corrected chi connectivity index (χ1v) is 6.20. The Labute approximate surface area is 90.4 Å². The van der Waals surface area contributed by atoms with Gasteiger partial charge in [-0.05, 0) is 12.8 Å². The Morgan fingerprint density at radius 3 is 2.00 bits per heavy atom. The van der Waals surface area contributed by atoms with E-state index in [-0.39, 0.29) is 6.10 Å². The summed E-state index contributed by atoms with van der Waals surface area (Å²) >= 11 is 1.97. The lowest BCUT2D eigenvalue weighted by molar-refractivity contribution is 0.156. The van der Waals surface area contributed by atoms with Crippen LogP contribution in [0.5, 0.6) is 0 Å². The third-order valence-electron chi connectivity index (χ3n) is 1.61. The van der Waals surface area contributed by atoms with Crippen LogP contribution in [0.15, 0.2) is 0 Å². The van der Waals surface area contributed by atoms with E-state index in [1.54, 1.807) is 0 Å². The number of unbranched alkanes of at least 4 members (excludes halogenated alkanes) is 2. The van der Waals surface area contributed by atoms with Gasteiger partial charge in [-0.15, -0.1) is 0 Å². The molecule has 7 radical (unpaired) electrons. The van der Waals surface area contributed by atoms with Crippen molar-refractivity contribution in [1.29, 1.82) is 0 Å². The topological polar surface area (TPSA) is 20.2 Å². The van der Waals surface area contributed by atoms with E-state index in [0.29, 0.717) is 0 Å². The van der Waals surface area contributed by atoms with Crippen LogP contribution in [0.1, 0.15) is 52.9 Å². The van der Waals surface area contributed by atoms with Crippen molar-refractivity contribution in [3.8, 4) is 0 Å². The molecule has 0 amide bonds. The Kier molecular flexibility index (Phi) is 18.1. The van der Waals surface area contributed by atoms with Gasteiger partial charge in [-0.2, -0.15) is 0 Å². The minimum absolute atomic E-state index is 0.0449. The zero-order valence-corrected chi connectivity index (χ0v) is 10.4. The van der Waals surface area contributed by atoms with Crippen LogP contribution in [0.2, 0.25) is 4.55 Å². The van der Waals surface area contributed by atoms with Gasteiger partial charge in [-0.3, -0.25) is 0 Å². The molecule has 2 heteroatoms. The fourth-order valence-corrected chi connectivity index (χ4v) is 0.834. The van der Waals surface area contributed by atoms with E-state index in [0.717, 1.165) is 12.8 Å². The van der Waals surface area contributed by atoms with E-state index in [4.69, 9.17) is 5.11 Å². The summed E-state index contributed by atoms with van der Waals surface area (Å²) in [6, 6.07) is 0. The third kappa shape index (κ3) is 17.0. The van der Waals surface area contributed by atoms with Crippen molar-refractivity contribution >= 4 is 21.7 Å². The molecular formula is C10H23MgO+2. The van der Waals surface area contributed by atoms with Gasteiger partial charge in [-0.1, -0.05) is 33.1 Å². The Balaban J connectivity index is 0. The van der Waals surface area contributed by atoms with E-state index >= 15 is 0 Å². The maximum Gasteiger partial charge on any atom is 1.41 e. The lowest BCUT2D eigenvalue weighted by atomic mass is 10.1. The highest BCUT2D eigenvalue weighted by Gasteiger charge is 2.13. The lowest BCUT2D eigenvalue weighted by Crippen LogP contribution is -2.02. The first-order valence-electron chi connectivity index (χ1n) is 5.20. The maximum atomic E-state index is 9.08. The van der Waals surface area contributed by atoms with Gasteiger partial charge in [0.15, 0.2) is 0 Å². The lowest BCUT2D eigenvalue weighted by Gasteiger charge is -2.04. The molecule has 0 aromatic heterocycles. The second kappa shape index (κ2) is 14.3. The largest absolute Gasteiger partial charge is 1.41 e. The van der Waals surface area contributed by atoms with Crippen LogP contribution >= 0.6 is 0 Å². The van der Waals surface area contributed by atoms with Gasteiger partial charge in [0.25, 0.3) is 4.55 Å². The molecule has 0 spiro atoms. The number of hydrogen-bond acceptors (Lipinski definition) is 1. The summed E-state index contributed by atoms with van der Waals surface area (Å²) in [6.07, 6.45) is 5.55. The molecule has 0 saturated carbocycles. The predicted octanol–water partition coefficient (Wildman–Crippen LogP) is 2.93. The van der Waals surface area contributed by atoms with Crippen molar-refractivity contribution in [3.63, 3.8) is 0 Å². The van der Waals surface area contributed by atoms with Gasteiger partial charge in [0.2, 0.25) is 0 Å². The monoisotopic (exact) mass is 183 g/mol. The Morgan fingerprint density at radius 2 is 1.67 bits per heavy atom. The van der Waals surface area contributed by atoms with Crippen LogP contribution < -0.4 is 0 Å². The fraction of sp³-hybridized carbons (Fsp3) is 1.00. The minimum atomic E-state index is -0.0449. The van der Waals surface area contributed by atoms with E-state index in [1.807, 2.05) is 28.6 Å². The number of rotatable bonds is 5. The predicted molar refractivity (Wildman–Crippen MR) is 56.7 cm³/mol. The molecule has 0 saturated heterocycles. The molecule has 0 aromatic rings. The first kappa shape index (κ1) is 15.2. The van der Waals surface area contributed by atoms with Gasteiger partial charge in [0.1, 0.15) is 0 Å². The van der Waals surface area contributed by atoms with Crippen LogP contribution in [0.3, 0.4) is 0 Å². The summed E-state index contributed by atoms with van der Waals surface area (Å²) < 4.78 is 1.28. The van der Waals surface area contributed by atoms with Crippen LogP contribution in [0.25, 0.3) is 0 Å². The van der Waals surface area contributed by atoms with E-state index in [9.17, 15) is 0 Å². The zero-order chi connectivity index (χ0) is 9.82. The van der Waals surface area contributed by atoms with Gasteiger partial charge >= 0.3 is 21.7 Å². The number of aliphatic hydroxyl groups is 1. The number of hydrogen-bond donors (Lipinski definition) is 1. The minimum Gasteiger partial charge on any atom is -0.393 e. The van der Waals surface area contributed by atoms with Crippen LogP contribution in [-0.2, 0) is 0 Å². The van der Waals surface area contributed by atoms with Gasteiger partial charge in [-0.25, -0.2) is 0 Å². The highest BCUT2D eigenvalue weighted by atomic mass is 24.4. The highest BCUT2D eigenvalue weighted by Crippen LogP contribution is 2.04. The Morgan fingerprint density at radius 1 is 1.17 bits per heavy atom. The average Bonchev–Trinajstić information content (AvgIpc) is 2.06.